The van der Waals surface area contributed by atoms with Crippen LogP contribution in [0.1, 0.15) is 162 Å². The molecule has 10 heteroatoms. The van der Waals surface area contributed by atoms with Crippen molar-refractivity contribution in [1.82, 2.24) is 0 Å². The minimum atomic E-state index is -4.40. The number of unbranched alkanes of at least 4 members (excludes halogenated alkanes) is 11. The van der Waals surface area contributed by atoms with Crippen LogP contribution in [0.5, 0.6) is 0 Å². The molecule has 9 nitrogen and oxygen atoms in total. The second-order valence-electron chi connectivity index (χ2n) is 16.4. The molecule has 1 N–H and O–H groups in total. The van der Waals surface area contributed by atoms with Crippen LogP contribution in [0.15, 0.2) is 97.2 Å². The maximum Gasteiger partial charge on any atom is 0.472 e. The molecule has 0 aromatic heterocycles. The van der Waals surface area contributed by atoms with E-state index in [9.17, 15) is 19.0 Å². The summed E-state index contributed by atoms with van der Waals surface area (Å²) in [5.41, 5.74) is 0. The maximum absolute atomic E-state index is 12.7. The Bertz CT molecular complexity index is 1350. The van der Waals surface area contributed by atoms with Crippen molar-refractivity contribution in [1.29, 1.82) is 0 Å². The van der Waals surface area contributed by atoms with Crippen LogP contribution in [0.2, 0.25) is 0 Å². The summed E-state index contributed by atoms with van der Waals surface area (Å²) in [5, 5.41) is 0. The third-order valence-electron chi connectivity index (χ3n) is 9.35. The Morgan fingerprint density at radius 3 is 1.46 bits per heavy atom. The van der Waals surface area contributed by atoms with Crippen LogP contribution in [0.25, 0.3) is 0 Å². The number of hydrogen-bond donors (Lipinski definition) is 1. The highest BCUT2D eigenvalue weighted by atomic mass is 31.2. The molecule has 0 fully saturated rings. The summed E-state index contributed by atoms with van der Waals surface area (Å²) in [6, 6.07) is 0. The lowest BCUT2D eigenvalue weighted by atomic mass is 10.1. The molecule has 2 unspecified atom stereocenters. The Kier molecular flexibility index (Phi) is 40.1. The highest BCUT2D eigenvalue weighted by molar-refractivity contribution is 7.47. The van der Waals surface area contributed by atoms with Gasteiger partial charge in [0.05, 0.1) is 27.7 Å². The Morgan fingerprint density at radius 2 is 0.951 bits per heavy atom. The average Bonchev–Trinajstić information content (AvgIpc) is 3.21. The molecule has 0 heterocycles. The van der Waals surface area contributed by atoms with Gasteiger partial charge in [-0.05, 0) is 89.9 Å². The van der Waals surface area contributed by atoms with Gasteiger partial charge in [0.2, 0.25) is 0 Å². The van der Waals surface area contributed by atoms with Gasteiger partial charge in [-0.15, -0.1) is 0 Å². The SMILES string of the molecule is CC/C=C\C/C=C\C/C=C\C/C=C\C/C=C\C/C=C\C/C=C\CCCC(=O)OC(COC(=O)CCCCCCC/C=C\CCCCCCC)COP(=O)(O)OCC[N+](C)(C)C. The van der Waals surface area contributed by atoms with Crippen molar-refractivity contribution in [3.63, 3.8) is 0 Å². The van der Waals surface area contributed by atoms with Crippen LogP contribution in [0.3, 0.4) is 0 Å². The zero-order valence-corrected chi connectivity index (χ0v) is 40.0. The smallest absolute Gasteiger partial charge is 0.462 e. The van der Waals surface area contributed by atoms with Crippen molar-refractivity contribution in [2.24, 2.45) is 0 Å². The lowest BCUT2D eigenvalue weighted by Crippen LogP contribution is -2.37. The highest BCUT2D eigenvalue weighted by Crippen LogP contribution is 2.43. The monoisotopic (exact) mass is 873 g/mol. The second-order valence-corrected chi connectivity index (χ2v) is 17.9. The third kappa shape index (κ3) is 46.3. The molecule has 0 saturated carbocycles. The molecule has 0 radical (unpaired) electrons. The Morgan fingerprint density at radius 1 is 0.525 bits per heavy atom. The van der Waals surface area contributed by atoms with E-state index in [0.717, 1.165) is 77.0 Å². The summed E-state index contributed by atoms with van der Waals surface area (Å²) < 4.78 is 34.3. The standard InChI is InChI=1S/C51H86NO8P/c1-6-8-10-12-14-16-18-20-22-23-24-25-26-27-28-29-30-32-34-36-38-40-42-44-51(54)60-49(48-59-61(55,56)58-46-45-52(3,4)5)47-57-50(53)43-41-39-37-35-33-31-21-19-17-15-13-11-9-7-2/h8,10,14,16,19-22,24-25,27-28,30,32,36,38,49H,6-7,9,11-13,15,17-18,23,26,29,31,33-35,37,39-48H2,1-5H3/p+1/b10-8-,16-14-,21-19-,22-20-,25-24-,28-27-,32-30-,38-36-. The summed E-state index contributed by atoms with van der Waals surface area (Å²) in [6.07, 6.45) is 56.1. The van der Waals surface area contributed by atoms with Crippen LogP contribution in [0, 0.1) is 0 Å². The fourth-order valence-electron chi connectivity index (χ4n) is 5.70. The van der Waals surface area contributed by atoms with E-state index in [1.54, 1.807) is 0 Å². The third-order valence-corrected chi connectivity index (χ3v) is 10.3. The molecule has 0 spiro atoms. The largest absolute Gasteiger partial charge is 0.472 e. The van der Waals surface area contributed by atoms with Gasteiger partial charge >= 0.3 is 19.8 Å². The number of quaternary nitrogens is 1. The number of hydrogen-bond acceptors (Lipinski definition) is 7. The minimum absolute atomic E-state index is 0.0141. The van der Waals surface area contributed by atoms with E-state index in [0.29, 0.717) is 30.3 Å². The molecule has 0 rings (SSSR count). The first kappa shape index (κ1) is 57.9. The summed E-state index contributed by atoms with van der Waals surface area (Å²) in [6.45, 7) is 4.20. The number of ether oxygens (including phenoxy) is 2. The zero-order valence-electron chi connectivity index (χ0n) is 39.1. The second kappa shape index (κ2) is 42.2. The molecular weight excluding hydrogens is 786 g/mol. The Labute approximate surface area is 373 Å². The number of phosphoric ester groups is 1. The van der Waals surface area contributed by atoms with Crippen LogP contribution >= 0.6 is 7.82 Å². The molecule has 0 aromatic carbocycles. The number of likely N-dealkylation sites (N-methyl/N-ethyl adjacent to an activating group) is 1. The summed E-state index contributed by atoms with van der Waals surface area (Å²) in [7, 11) is 1.42. The molecule has 0 aliphatic heterocycles. The Balaban J connectivity index is 4.46. The summed E-state index contributed by atoms with van der Waals surface area (Å²) in [4.78, 5) is 35.4. The van der Waals surface area contributed by atoms with E-state index in [1.807, 2.05) is 27.2 Å². The lowest BCUT2D eigenvalue weighted by molar-refractivity contribution is -0.870. The van der Waals surface area contributed by atoms with Gasteiger partial charge in [0.25, 0.3) is 0 Å². The number of carbonyl (C=O) groups excluding carboxylic acids is 2. The first-order valence-electron chi connectivity index (χ1n) is 23.5. The van der Waals surface area contributed by atoms with Crippen LogP contribution < -0.4 is 0 Å². The number of nitrogens with zero attached hydrogens (tertiary/aromatic N) is 1. The Hall–Kier alpha value is -3.07. The van der Waals surface area contributed by atoms with Gasteiger partial charge < -0.3 is 18.9 Å². The molecule has 0 aliphatic carbocycles. The normalized spacial score (nSPS) is 14.4. The van der Waals surface area contributed by atoms with E-state index in [1.165, 1.54) is 38.5 Å². The van der Waals surface area contributed by atoms with E-state index in [4.69, 9.17) is 18.5 Å². The van der Waals surface area contributed by atoms with Crippen LogP contribution in [0.4, 0.5) is 0 Å². The average molecular weight is 873 g/mol. The number of esters is 2. The van der Waals surface area contributed by atoms with Gasteiger partial charge in [0, 0.05) is 12.8 Å². The molecule has 348 valence electrons. The van der Waals surface area contributed by atoms with Crippen LogP contribution in [-0.4, -0.2) is 74.9 Å². The van der Waals surface area contributed by atoms with E-state index < -0.39 is 32.5 Å². The van der Waals surface area contributed by atoms with Crippen molar-refractivity contribution < 1.29 is 42.1 Å². The van der Waals surface area contributed by atoms with Crippen molar-refractivity contribution in [3.05, 3.63) is 97.2 Å². The predicted molar refractivity (Wildman–Crippen MR) is 256 cm³/mol. The minimum Gasteiger partial charge on any atom is -0.462 e. The highest BCUT2D eigenvalue weighted by Gasteiger charge is 2.27. The molecule has 0 aliphatic rings. The molecule has 61 heavy (non-hydrogen) atoms. The molecule has 0 aromatic rings. The molecule has 0 bridgehead atoms. The fraction of sp³-hybridized carbons (Fsp3) is 0.647. The fourth-order valence-corrected chi connectivity index (χ4v) is 6.44. The van der Waals surface area contributed by atoms with Crippen molar-refractivity contribution in [2.45, 2.75) is 168 Å². The topological polar surface area (TPSA) is 108 Å². The number of allylic oxidation sites excluding steroid dienone is 16. The van der Waals surface area contributed by atoms with Crippen molar-refractivity contribution >= 4 is 19.8 Å². The van der Waals surface area contributed by atoms with Gasteiger partial charge in [-0.1, -0.05) is 156 Å². The molecule has 2 atom stereocenters. The molecular formula is C51H87NO8P+. The van der Waals surface area contributed by atoms with Gasteiger partial charge in [0.15, 0.2) is 6.10 Å². The number of rotatable bonds is 41. The van der Waals surface area contributed by atoms with E-state index in [-0.39, 0.29) is 26.1 Å². The predicted octanol–water partition coefficient (Wildman–Crippen LogP) is 13.7. The molecule has 0 amide bonds. The maximum atomic E-state index is 12.7. The van der Waals surface area contributed by atoms with Gasteiger partial charge in [0.1, 0.15) is 19.8 Å². The summed E-state index contributed by atoms with van der Waals surface area (Å²) in [5.74, 6) is -0.887. The summed E-state index contributed by atoms with van der Waals surface area (Å²) >= 11 is 0. The van der Waals surface area contributed by atoms with Gasteiger partial charge in [-0.25, -0.2) is 4.57 Å². The van der Waals surface area contributed by atoms with Gasteiger partial charge in [-0.2, -0.15) is 0 Å². The molecule has 0 saturated heterocycles. The van der Waals surface area contributed by atoms with E-state index in [2.05, 4.69) is 105 Å². The van der Waals surface area contributed by atoms with Crippen LogP contribution in [-0.2, 0) is 32.7 Å². The first-order chi connectivity index (χ1) is 29.5. The quantitative estimate of drug-likeness (QED) is 0.0213. The van der Waals surface area contributed by atoms with Crippen molar-refractivity contribution in [2.75, 3.05) is 47.5 Å². The number of phosphoric acid groups is 1. The lowest BCUT2D eigenvalue weighted by Gasteiger charge is -2.24. The van der Waals surface area contributed by atoms with Crippen molar-refractivity contribution in [3.8, 4) is 0 Å². The van der Waals surface area contributed by atoms with E-state index >= 15 is 0 Å². The first-order valence-corrected chi connectivity index (χ1v) is 25.0. The zero-order chi connectivity index (χ0) is 45.0. The van der Waals surface area contributed by atoms with Gasteiger partial charge in [-0.3, -0.25) is 18.6 Å². The number of carbonyl (C=O) groups is 2.